The molecule has 0 aromatic heterocycles. The van der Waals surface area contributed by atoms with Crippen LogP contribution in [0.2, 0.25) is 0 Å². The molecule has 0 amide bonds. The predicted molar refractivity (Wildman–Crippen MR) is 129 cm³/mol. The lowest BCUT2D eigenvalue weighted by atomic mass is 10.0. The van der Waals surface area contributed by atoms with Crippen LogP contribution in [0.25, 0.3) is 0 Å². The first-order valence-electron chi connectivity index (χ1n) is 13.1. The van der Waals surface area contributed by atoms with Crippen molar-refractivity contribution in [3.05, 3.63) is 12.2 Å². The number of aliphatic carboxylic acids is 1. The Kier molecular flexibility index (Phi) is 24.6. The number of carboxylic acid groups (broad SMARTS) is 1. The van der Waals surface area contributed by atoms with E-state index in [1.165, 1.54) is 128 Å². The molecule has 172 valence electrons. The van der Waals surface area contributed by atoms with Gasteiger partial charge in [-0.15, -0.1) is 0 Å². The van der Waals surface area contributed by atoms with E-state index in [1.54, 1.807) is 0 Å². The van der Waals surface area contributed by atoms with Crippen LogP contribution in [-0.2, 0) is 4.79 Å². The second kappa shape index (κ2) is 25.2. The van der Waals surface area contributed by atoms with E-state index in [4.69, 9.17) is 5.11 Å². The number of hydrogen-bond acceptors (Lipinski definition) is 1. The molecular formula is C27H52O2. The van der Waals surface area contributed by atoms with Crippen molar-refractivity contribution in [3.8, 4) is 0 Å². The van der Waals surface area contributed by atoms with Gasteiger partial charge in [-0.05, 0) is 32.1 Å². The molecule has 0 rings (SSSR count). The van der Waals surface area contributed by atoms with Crippen molar-refractivity contribution >= 4 is 5.97 Å². The van der Waals surface area contributed by atoms with Gasteiger partial charge in [-0.25, -0.2) is 0 Å². The molecule has 0 heterocycles. The lowest BCUT2D eigenvalue weighted by Crippen LogP contribution is -1.93. The van der Waals surface area contributed by atoms with Gasteiger partial charge in [0, 0.05) is 6.42 Å². The lowest BCUT2D eigenvalue weighted by molar-refractivity contribution is -0.137. The Balaban J connectivity index is 3.05. The van der Waals surface area contributed by atoms with E-state index >= 15 is 0 Å². The summed E-state index contributed by atoms with van der Waals surface area (Å²) in [5.41, 5.74) is 0. The average Bonchev–Trinajstić information content (AvgIpc) is 2.71. The van der Waals surface area contributed by atoms with Gasteiger partial charge in [-0.3, -0.25) is 4.79 Å². The average molecular weight is 409 g/mol. The Morgan fingerprint density at radius 2 is 0.828 bits per heavy atom. The molecule has 0 atom stereocenters. The minimum atomic E-state index is -0.652. The van der Waals surface area contributed by atoms with Gasteiger partial charge >= 0.3 is 5.97 Å². The standard InChI is InChI=1S/C27H52O2/c1-2-3-4-5-6-7-8-9-10-11-12-13-14-15-16-17-18-19-20-21-22-23-24-25-26-27(28)29/h7-8H,2-6,9-26H2,1H3,(H,28,29). The van der Waals surface area contributed by atoms with Gasteiger partial charge in [0.25, 0.3) is 0 Å². The topological polar surface area (TPSA) is 37.3 Å². The number of rotatable bonds is 24. The van der Waals surface area contributed by atoms with Crippen LogP contribution in [-0.4, -0.2) is 11.1 Å². The molecule has 0 spiro atoms. The SMILES string of the molecule is CCCCCCC=CCCCCCCCCCCCCCCCCCCC(=O)O. The van der Waals surface area contributed by atoms with Crippen LogP contribution >= 0.6 is 0 Å². The minimum Gasteiger partial charge on any atom is -0.481 e. The lowest BCUT2D eigenvalue weighted by Gasteiger charge is -2.03. The normalized spacial score (nSPS) is 11.5. The Morgan fingerprint density at radius 1 is 0.517 bits per heavy atom. The Bertz CT molecular complexity index is 348. The Hall–Kier alpha value is -0.790. The molecule has 1 N–H and O–H groups in total. The molecule has 29 heavy (non-hydrogen) atoms. The van der Waals surface area contributed by atoms with Crippen molar-refractivity contribution in [3.63, 3.8) is 0 Å². The zero-order valence-corrected chi connectivity index (χ0v) is 19.8. The highest BCUT2D eigenvalue weighted by Gasteiger charge is 1.97. The molecule has 0 aromatic carbocycles. The van der Waals surface area contributed by atoms with Crippen LogP contribution in [0.4, 0.5) is 0 Å². The van der Waals surface area contributed by atoms with Crippen LogP contribution in [0.15, 0.2) is 12.2 Å². The van der Waals surface area contributed by atoms with Gasteiger partial charge in [-0.2, -0.15) is 0 Å². The summed E-state index contributed by atoms with van der Waals surface area (Å²) in [6.45, 7) is 2.27. The fourth-order valence-electron chi connectivity index (χ4n) is 3.94. The maximum atomic E-state index is 10.4. The predicted octanol–water partition coefficient (Wildman–Crippen LogP) is 9.62. The molecule has 2 nitrogen and oxygen atoms in total. The maximum absolute atomic E-state index is 10.4. The van der Waals surface area contributed by atoms with Crippen LogP contribution in [0, 0.1) is 0 Å². The molecule has 0 radical (unpaired) electrons. The first-order chi connectivity index (χ1) is 14.3. The monoisotopic (exact) mass is 408 g/mol. The third-order valence-electron chi connectivity index (χ3n) is 5.90. The van der Waals surface area contributed by atoms with Crippen molar-refractivity contribution in [2.45, 2.75) is 155 Å². The third kappa shape index (κ3) is 27.2. The van der Waals surface area contributed by atoms with Crippen molar-refractivity contribution in [2.75, 3.05) is 0 Å². The van der Waals surface area contributed by atoms with Crippen molar-refractivity contribution in [2.24, 2.45) is 0 Å². The molecule has 0 saturated carbocycles. The van der Waals surface area contributed by atoms with E-state index in [0.29, 0.717) is 6.42 Å². The number of unbranched alkanes of at least 4 members (excludes halogenated alkanes) is 20. The smallest absolute Gasteiger partial charge is 0.303 e. The Labute approximate surface area is 182 Å². The van der Waals surface area contributed by atoms with E-state index in [9.17, 15) is 4.79 Å². The molecule has 0 saturated heterocycles. The zero-order valence-electron chi connectivity index (χ0n) is 19.8. The van der Waals surface area contributed by atoms with Crippen LogP contribution in [0.3, 0.4) is 0 Å². The molecule has 0 aromatic rings. The second-order valence-electron chi connectivity index (χ2n) is 8.91. The summed E-state index contributed by atoms with van der Waals surface area (Å²) >= 11 is 0. The first-order valence-corrected chi connectivity index (χ1v) is 13.1. The molecule has 0 aliphatic rings. The van der Waals surface area contributed by atoms with Crippen LogP contribution < -0.4 is 0 Å². The number of carboxylic acids is 1. The van der Waals surface area contributed by atoms with E-state index in [1.807, 2.05) is 0 Å². The van der Waals surface area contributed by atoms with Gasteiger partial charge in [0.1, 0.15) is 0 Å². The highest BCUT2D eigenvalue weighted by molar-refractivity contribution is 5.66. The highest BCUT2D eigenvalue weighted by atomic mass is 16.4. The summed E-state index contributed by atoms with van der Waals surface area (Å²) in [6, 6.07) is 0. The van der Waals surface area contributed by atoms with Crippen molar-refractivity contribution < 1.29 is 9.90 Å². The van der Waals surface area contributed by atoms with E-state index in [-0.39, 0.29) is 0 Å². The molecule has 0 fully saturated rings. The Morgan fingerprint density at radius 3 is 1.17 bits per heavy atom. The first kappa shape index (κ1) is 28.2. The molecule has 0 bridgehead atoms. The van der Waals surface area contributed by atoms with E-state index < -0.39 is 5.97 Å². The summed E-state index contributed by atoms with van der Waals surface area (Å²) in [4.78, 5) is 10.4. The molecule has 0 unspecified atom stereocenters. The minimum absolute atomic E-state index is 0.344. The molecule has 2 heteroatoms. The largest absolute Gasteiger partial charge is 0.481 e. The molecule has 0 aliphatic carbocycles. The summed E-state index contributed by atoms with van der Waals surface area (Å²) in [7, 11) is 0. The highest BCUT2D eigenvalue weighted by Crippen LogP contribution is 2.14. The van der Waals surface area contributed by atoms with Gasteiger partial charge < -0.3 is 5.11 Å². The zero-order chi connectivity index (χ0) is 21.3. The van der Waals surface area contributed by atoms with E-state index in [0.717, 1.165) is 12.8 Å². The van der Waals surface area contributed by atoms with Gasteiger partial charge in [-0.1, -0.05) is 128 Å². The summed E-state index contributed by atoms with van der Waals surface area (Å²) < 4.78 is 0. The number of hydrogen-bond donors (Lipinski definition) is 1. The van der Waals surface area contributed by atoms with Gasteiger partial charge in [0.05, 0.1) is 0 Å². The van der Waals surface area contributed by atoms with Gasteiger partial charge in [0.2, 0.25) is 0 Å². The van der Waals surface area contributed by atoms with Crippen LogP contribution in [0.5, 0.6) is 0 Å². The van der Waals surface area contributed by atoms with Crippen LogP contribution in [0.1, 0.15) is 155 Å². The maximum Gasteiger partial charge on any atom is 0.303 e. The summed E-state index contributed by atoms with van der Waals surface area (Å²) in [5.74, 6) is -0.652. The molecule has 0 aliphatic heterocycles. The fraction of sp³-hybridized carbons (Fsp3) is 0.889. The second-order valence-corrected chi connectivity index (χ2v) is 8.91. The quantitative estimate of drug-likeness (QED) is 0.127. The van der Waals surface area contributed by atoms with Crippen molar-refractivity contribution in [1.82, 2.24) is 0 Å². The van der Waals surface area contributed by atoms with E-state index in [2.05, 4.69) is 19.1 Å². The summed E-state index contributed by atoms with van der Waals surface area (Å²) in [6.07, 6.45) is 34.5. The molecular weight excluding hydrogens is 356 g/mol. The third-order valence-corrected chi connectivity index (χ3v) is 5.90. The fourth-order valence-corrected chi connectivity index (χ4v) is 3.94. The number of allylic oxidation sites excluding steroid dienone is 2. The number of carbonyl (C=O) groups is 1. The van der Waals surface area contributed by atoms with Crippen molar-refractivity contribution in [1.29, 1.82) is 0 Å². The van der Waals surface area contributed by atoms with Gasteiger partial charge in [0.15, 0.2) is 0 Å². The summed E-state index contributed by atoms with van der Waals surface area (Å²) in [5, 5.41) is 8.59.